The molecule has 102 valence electrons. The summed E-state index contributed by atoms with van der Waals surface area (Å²) in [6, 6.07) is 0.609. The van der Waals surface area contributed by atoms with Gasteiger partial charge in [-0.15, -0.1) is 0 Å². The first-order valence-corrected chi connectivity index (χ1v) is 8.60. The number of rotatable bonds is 7. The van der Waals surface area contributed by atoms with Crippen LogP contribution < -0.4 is 5.32 Å². The van der Waals surface area contributed by atoms with Gasteiger partial charge >= 0.3 is 0 Å². The van der Waals surface area contributed by atoms with E-state index in [1.54, 1.807) is 0 Å². The number of hydrogen-bond donors (Lipinski definition) is 1. The molecule has 2 nitrogen and oxygen atoms in total. The van der Waals surface area contributed by atoms with E-state index in [1.165, 1.54) is 25.7 Å². The van der Waals surface area contributed by atoms with Gasteiger partial charge in [-0.1, -0.05) is 40.0 Å². The van der Waals surface area contributed by atoms with E-state index in [-0.39, 0.29) is 0 Å². The summed E-state index contributed by atoms with van der Waals surface area (Å²) in [6.45, 7) is 8.08. The van der Waals surface area contributed by atoms with Crippen LogP contribution in [0.25, 0.3) is 0 Å². The Morgan fingerprint density at radius 1 is 1.24 bits per heavy atom. The molecule has 0 aromatic carbocycles. The second-order valence-electron chi connectivity index (χ2n) is 6.12. The van der Waals surface area contributed by atoms with Gasteiger partial charge in [0, 0.05) is 34.9 Å². The molecule has 0 aromatic rings. The Kier molecular flexibility index (Phi) is 6.71. The summed E-state index contributed by atoms with van der Waals surface area (Å²) >= 11 is 0. The van der Waals surface area contributed by atoms with E-state index in [0.29, 0.717) is 11.5 Å². The van der Waals surface area contributed by atoms with E-state index in [1.807, 2.05) is 0 Å². The van der Waals surface area contributed by atoms with Gasteiger partial charge in [-0.05, 0) is 24.7 Å². The molecule has 17 heavy (non-hydrogen) atoms. The molecule has 1 aliphatic rings. The Bertz CT molecular complexity index is 230. The molecular weight excluding hydrogens is 230 g/mol. The largest absolute Gasteiger partial charge is 0.313 e. The van der Waals surface area contributed by atoms with Crippen LogP contribution in [0.4, 0.5) is 0 Å². The van der Waals surface area contributed by atoms with Gasteiger partial charge in [0.2, 0.25) is 0 Å². The summed E-state index contributed by atoms with van der Waals surface area (Å²) in [4.78, 5) is 0. The average molecular weight is 259 g/mol. The minimum atomic E-state index is -0.532. The predicted molar refractivity (Wildman–Crippen MR) is 76.8 cm³/mol. The fourth-order valence-electron chi connectivity index (χ4n) is 2.36. The first-order chi connectivity index (χ1) is 8.03. The molecule has 1 saturated heterocycles. The van der Waals surface area contributed by atoms with Crippen LogP contribution in [0.2, 0.25) is 0 Å². The van der Waals surface area contributed by atoms with Crippen molar-refractivity contribution in [3.63, 3.8) is 0 Å². The first kappa shape index (κ1) is 15.2. The van der Waals surface area contributed by atoms with Crippen LogP contribution >= 0.6 is 0 Å². The highest BCUT2D eigenvalue weighted by Gasteiger charge is 2.22. The summed E-state index contributed by atoms with van der Waals surface area (Å²) in [5, 5.41) is 3.67. The van der Waals surface area contributed by atoms with Crippen LogP contribution in [0, 0.1) is 5.41 Å². The molecule has 1 fully saturated rings. The molecule has 1 heterocycles. The van der Waals surface area contributed by atoms with Crippen molar-refractivity contribution >= 4 is 10.8 Å². The van der Waals surface area contributed by atoms with Crippen LogP contribution in [0.15, 0.2) is 0 Å². The molecule has 1 rings (SSSR count). The smallest absolute Gasteiger partial charge is 0.0249 e. The minimum Gasteiger partial charge on any atom is -0.313 e. The van der Waals surface area contributed by atoms with E-state index in [2.05, 4.69) is 26.1 Å². The predicted octanol–water partition coefficient (Wildman–Crippen LogP) is 3.09. The van der Waals surface area contributed by atoms with E-state index in [9.17, 15) is 4.21 Å². The van der Waals surface area contributed by atoms with Gasteiger partial charge < -0.3 is 5.32 Å². The quantitative estimate of drug-likeness (QED) is 0.712. The summed E-state index contributed by atoms with van der Waals surface area (Å²) in [5.74, 6) is 1.79. The molecule has 0 atom stereocenters. The Morgan fingerprint density at radius 3 is 2.47 bits per heavy atom. The van der Waals surface area contributed by atoms with Gasteiger partial charge in [0.25, 0.3) is 0 Å². The summed E-state index contributed by atoms with van der Waals surface area (Å²) in [5.41, 5.74) is 0.409. The van der Waals surface area contributed by atoms with Crippen molar-refractivity contribution in [2.75, 3.05) is 18.1 Å². The molecule has 0 radical (unpaired) electrons. The monoisotopic (exact) mass is 259 g/mol. The van der Waals surface area contributed by atoms with Crippen LogP contribution in [0.1, 0.15) is 59.3 Å². The fraction of sp³-hybridized carbons (Fsp3) is 1.00. The molecule has 1 aliphatic heterocycles. The van der Waals surface area contributed by atoms with Crippen molar-refractivity contribution in [3.05, 3.63) is 0 Å². The van der Waals surface area contributed by atoms with Crippen molar-refractivity contribution in [2.45, 2.75) is 65.3 Å². The lowest BCUT2D eigenvalue weighted by atomic mass is 9.86. The molecule has 3 heteroatoms. The molecule has 0 bridgehead atoms. The molecular formula is C14H29NOS. The average Bonchev–Trinajstić information content (AvgIpc) is 2.29. The van der Waals surface area contributed by atoms with E-state index >= 15 is 0 Å². The third-order valence-corrected chi connectivity index (χ3v) is 5.10. The van der Waals surface area contributed by atoms with Crippen molar-refractivity contribution in [2.24, 2.45) is 5.41 Å². The van der Waals surface area contributed by atoms with E-state index < -0.39 is 10.8 Å². The highest BCUT2D eigenvalue weighted by Crippen LogP contribution is 2.23. The molecule has 0 aliphatic carbocycles. The second kappa shape index (κ2) is 7.52. The number of hydrogen-bond acceptors (Lipinski definition) is 2. The maximum absolute atomic E-state index is 11.3. The molecule has 0 saturated carbocycles. The van der Waals surface area contributed by atoms with Crippen LogP contribution in [-0.4, -0.2) is 28.3 Å². The van der Waals surface area contributed by atoms with Gasteiger partial charge in [0.1, 0.15) is 0 Å². The summed E-state index contributed by atoms with van der Waals surface area (Å²) in [6.07, 6.45) is 7.51. The Labute approximate surface area is 109 Å². The standard InChI is InChI=1S/C14H29NOS/c1-4-5-6-9-14(2,3)12-15-13-7-10-17(16)11-8-13/h13,15H,4-12H2,1-3H3. The molecule has 0 amide bonds. The van der Waals surface area contributed by atoms with E-state index in [0.717, 1.165) is 30.9 Å². The lowest BCUT2D eigenvalue weighted by Crippen LogP contribution is -2.40. The van der Waals surface area contributed by atoms with Crippen molar-refractivity contribution in [3.8, 4) is 0 Å². The van der Waals surface area contributed by atoms with Gasteiger partial charge in [-0.25, -0.2) is 0 Å². The molecule has 0 aromatic heterocycles. The summed E-state index contributed by atoms with van der Waals surface area (Å²) < 4.78 is 11.3. The third kappa shape index (κ3) is 6.56. The van der Waals surface area contributed by atoms with Crippen LogP contribution in [0.3, 0.4) is 0 Å². The van der Waals surface area contributed by atoms with Crippen molar-refractivity contribution in [1.29, 1.82) is 0 Å². The van der Waals surface area contributed by atoms with Crippen molar-refractivity contribution < 1.29 is 4.21 Å². The maximum atomic E-state index is 11.3. The van der Waals surface area contributed by atoms with E-state index in [4.69, 9.17) is 0 Å². The zero-order valence-corrected chi connectivity index (χ0v) is 12.6. The maximum Gasteiger partial charge on any atom is 0.0249 e. The van der Waals surface area contributed by atoms with Gasteiger partial charge in [0.05, 0.1) is 0 Å². The number of nitrogens with one attached hydrogen (secondary N) is 1. The first-order valence-electron chi connectivity index (χ1n) is 7.12. The van der Waals surface area contributed by atoms with Crippen LogP contribution in [-0.2, 0) is 10.8 Å². The lowest BCUT2D eigenvalue weighted by Gasteiger charge is -2.30. The topological polar surface area (TPSA) is 29.1 Å². The number of unbranched alkanes of at least 4 members (excludes halogenated alkanes) is 2. The Balaban J connectivity index is 2.17. The Morgan fingerprint density at radius 2 is 1.88 bits per heavy atom. The zero-order valence-electron chi connectivity index (χ0n) is 11.8. The summed E-state index contributed by atoms with van der Waals surface area (Å²) in [7, 11) is -0.532. The zero-order chi connectivity index (χ0) is 12.7. The SMILES string of the molecule is CCCCCC(C)(C)CNC1CCS(=O)CC1. The van der Waals surface area contributed by atoms with Gasteiger partial charge in [0.15, 0.2) is 0 Å². The Hall–Kier alpha value is 0.110. The van der Waals surface area contributed by atoms with Gasteiger partial charge in [-0.2, -0.15) is 0 Å². The highest BCUT2D eigenvalue weighted by molar-refractivity contribution is 7.85. The fourth-order valence-corrected chi connectivity index (χ4v) is 3.66. The van der Waals surface area contributed by atoms with Gasteiger partial charge in [-0.3, -0.25) is 4.21 Å². The lowest BCUT2D eigenvalue weighted by molar-refractivity contribution is 0.282. The minimum absolute atomic E-state index is 0.409. The molecule has 0 unspecified atom stereocenters. The molecule has 0 spiro atoms. The van der Waals surface area contributed by atoms with Crippen molar-refractivity contribution in [1.82, 2.24) is 5.32 Å². The van der Waals surface area contributed by atoms with Crippen LogP contribution in [0.5, 0.6) is 0 Å². The molecule has 1 N–H and O–H groups in total. The third-order valence-electron chi connectivity index (χ3n) is 3.71. The normalized spacial score (nSPS) is 26.1. The highest BCUT2D eigenvalue weighted by atomic mass is 32.2. The second-order valence-corrected chi connectivity index (χ2v) is 7.82.